The van der Waals surface area contributed by atoms with Crippen molar-refractivity contribution < 1.29 is 5.11 Å². The van der Waals surface area contributed by atoms with Crippen LogP contribution in [-0.2, 0) is 5.54 Å². The van der Waals surface area contributed by atoms with E-state index < -0.39 is 5.54 Å². The van der Waals surface area contributed by atoms with Crippen LogP contribution in [0.15, 0.2) is 12.3 Å². The van der Waals surface area contributed by atoms with Crippen molar-refractivity contribution in [2.24, 2.45) is 5.73 Å². The van der Waals surface area contributed by atoms with Crippen molar-refractivity contribution in [2.45, 2.75) is 12.5 Å². The highest BCUT2D eigenvalue weighted by molar-refractivity contribution is 6.41. The summed E-state index contributed by atoms with van der Waals surface area (Å²) in [5, 5.41) is 9.55. The standard InChI is InChI=1S/C8H10Cl2N2O/c1-8(11,4-13)5-2-6(9)7(10)12-3-5/h2-3,13H,4,11H2,1H3. The molecular formula is C8H10Cl2N2O. The van der Waals surface area contributed by atoms with Crippen molar-refractivity contribution in [3.8, 4) is 0 Å². The van der Waals surface area contributed by atoms with E-state index in [4.69, 9.17) is 34.0 Å². The molecule has 72 valence electrons. The van der Waals surface area contributed by atoms with E-state index in [1.165, 1.54) is 6.20 Å². The van der Waals surface area contributed by atoms with Gasteiger partial charge in [-0.3, -0.25) is 0 Å². The Morgan fingerprint density at radius 1 is 1.62 bits per heavy atom. The number of aromatic nitrogens is 1. The number of nitrogens with two attached hydrogens (primary N) is 1. The van der Waals surface area contributed by atoms with Crippen LogP contribution in [0.3, 0.4) is 0 Å². The lowest BCUT2D eigenvalue weighted by atomic mass is 9.96. The van der Waals surface area contributed by atoms with Gasteiger partial charge in [0.2, 0.25) is 0 Å². The topological polar surface area (TPSA) is 59.1 Å². The highest BCUT2D eigenvalue weighted by atomic mass is 35.5. The third-order valence-electron chi connectivity index (χ3n) is 1.78. The van der Waals surface area contributed by atoms with Crippen molar-refractivity contribution in [3.63, 3.8) is 0 Å². The number of nitrogens with zero attached hydrogens (tertiary/aromatic N) is 1. The molecule has 1 heterocycles. The first kappa shape index (κ1) is 10.7. The molecule has 0 saturated heterocycles. The van der Waals surface area contributed by atoms with Gasteiger partial charge in [-0.1, -0.05) is 23.2 Å². The zero-order chi connectivity index (χ0) is 10.1. The molecule has 1 aromatic rings. The monoisotopic (exact) mass is 220 g/mol. The second-order valence-corrected chi connectivity index (χ2v) is 3.84. The molecule has 3 nitrogen and oxygen atoms in total. The minimum atomic E-state index is -0.832. The second-order valence-electron chi connectivity index (χ2n) is 3.07. The number of aliphatic hydroxyl groups excluding tert-OH is 1. The summed E-state index contributed by atoms with van der Waals surface area (Å²) in [7, 11) is 0. The average Bonchev–Trinajstić information content (AvgIpc) is 2.09. The Hall–Kier alpha value is -0.350. The summed E-state index contributed by atoms with van der Waals surface area (Å²) in [5.41, 5.74) is 5.59. The molecule has 0 radical (unpaired) electrons. The van der Waals surface area contributed by atoms with E-state index in [0.29, 0.717) is 10.6 Å². The minimum absolute atomic E-state index is 0.174. The number of hydrogen-bond acceptors (Lipinski definition) is 3. The summed E-state index contributed by atoms with van der Waals surface area (Å²) >= 11 is 11.4. The first-order chi connectivity index (χ1) is 5.97. The zero-order valence-electron chi connectivity index (χ0n) is 7.09. The maximum atomic E-state index is 8.98. The fraction of sp³-hybridized carbons (Fsp3) is 0.375. The van der Waals surface area contributed by atoms with Crippen LogP contribution >= 0.6 is 23.2 Å². The average molecular weight is 221 g/mol. The van der Waals surface area contributed by atoms with E-state index in [0.717, 1.165) is 0 Å². The molecule has 0 saturated carbocycles. The molecule has 3 N–H and O–H groups in total. The number of halogens is 2. The van der Waals surface area contributed by atoms with E-state index in [1.807, 2.05) is 0 Å². The molecule has 0 aliphatic rings. The van der Waals surface area contributed by atoms with Gasteiger partial charge in [0.1, 0.15) is 5.15 Å². The lowest BCUT2D eigenvalue weighted by Crippen LogP contribution is -2.37. The third kappa shape index (κ3) is 2.31. The van der Waals surface area contributed by atoms with Crippen LogP contribution in [0.5, 0.6) is 0 Å². The van der Waals surface area contributed by atoms with Crippen LogP contribution in [0.25, 0.3) is 0 Å². The largest absolute Gasteiger partial charge is 0.394 e. The van der Waals surface area contributed by atoms with Gasteiger partial charge in [0.15, 0.2) is 0 Å². The quantitative estimate of drug-likeness (QED) is 0.745. The van der Waals surface area contributed by atoms with Gasteiger partial charge in [0.25, 0.3) is 0 Å². The van der Waals surface area contributed by atoms with Gasteiger partial charge in [0, 0.05) is 6.20 Å². The second kappa shape index (κ2) is 3.80. The summed E-state index contributed by atoms with van der Waals surface area (Å²) in [6.45, 7) is 1.51. The lowest BCUT2D eigenvalue weighted by molar-refractivity contribution is 0.210. The molecule has 13 heavy (non-hydrogen) atoms. The van der Waals surface area contributed by atoms with E-state index in [2.05, 4.69) is 4.98 Å². The number of aliphatic hydroxyl groups is 1. The van der Waals surface area contributed by atoms with Crippen LogP contribution in [0.1, 0.15) is 12.5 Å². The first-order valence-electron chi connectivity index (χ1n) is 3.68. The Morgan fingerprint density at radius 2 is 2.23 bits per heavy atom. The maximum absolute atomic E-state index is 8.98. The predicted molar refractivity (Wildman–Crippen MR) is 52.9 cm³/mol. The molecule has 0 amide bonds. The van der Waals surface area contributed by atoms with E-state index >= 15 is 0 Å². The van der Waals surface area contributed by atoms with Crippen LogP contribution in [0.2, 0.25) is 10.2 Å². The van der Waals surface area contributed by atoms with Crippen LogP contribution in [0.4, 0.5) is 0 Å². The van der Waals surface area contributed by atoms with Gasteiger partial charge in [-0.2, -0.15) is 0 Å². The molecular weight excluding hydrogens is 211 g/mol. The van der Waals surface area contributed by atoms with Crippen LogP contribution in [0, 0.1) is 0 Å². The van der Waals surface area contributed by atoms with Crippen molar-refractivity contribution >= 4 is 23.2 Å². The van der Waals surface area contributed by atoms with Gasteiger partial charge < -0.3 is 10.8 Å². The molecule has 0 fully saturated rings. The van der Waals surface area contributed by atoms with Gasteiger partial charge in [-0.05, 0) is 18.6 Å². The Labute approximate surface area is 86.5 Å². The van der Waals surface area contributed by atoms with Crippen molar-refractivity contribution in [1.82, 2.24) is 4.98 Å². The van der Waals surface area contributed by atoms with Gasteiger partial charge in [-0.25, -0.2) is 4.98 Å². The number of rotatable bonds is 2. The van der Waals surface area contributed by atoms with Gasteiger partial charge >= 0.3 is 0 Å². The smallest absolute Gasteiger partial charge is 0.147 e. The third-order valence-corrected chi connectivity index (χ3v) is 2.47. The molecule has 0 aromatic carbocycles. The molecule has 0 spiro atoms. The summed E-state index contributed by atoms with van der Waals surface area (Å²) in [6, 6.07) is 1.60. The van der Waals surface area contributed by atoms with Gasteiger partial charge in [-0.15, -0.1) is 0 Å². The molecule has 1 rings (SSSR count). The molecule has 0 bridgehead atoms. The Bertz CT molecular complexity index is 315. The van der Waals surface area contributed by atoms with Crippen molar-refractivity contribution in [2.75, 3.05) is 6.61 Å². The molecule has 1 aromatic heterocycles. The summed E-state index contributed by atoms with van der Waals surface area (Å²) < 4.78 is 0. The summed E-state index contributed by atoms with van der Waals surface area (Å²) in [6.07, 6.45) is 1.50. The van der Waals surface area contributed by atoms with E-state index in [1.54, 1.807) is 13.0 Å². The first-order valence-corrected chi connectivity index (χ1v) is 4.44. The Morgan fingerprint density at radius 3 is 2.69 bits per heavy atom. The molecule has 1 atom stereocenters. The van der Waals surface area contributed by atoms with E-state index in [-0.39, 0.29) is 11.8 Å². The molecule has 0 aliphatic carbocycles. The molecule has 0 aliphatic heterocycles. The predicted octanol–water partition coefficient (Wildman–Crippen LogP) is 1.55. The molecule has 1 unspecified atom stereocenters. The zero-order valence-corrected chi connectivity index (χ0v) is 8.60. The SMILES string of the molecule is CC(N)(CO)c1cnc(Cl)c(Cl)c1. The normalized spacial score (nSPS) is 15.5. The minimum Gasteiger partial charge on any atom is -0.394 e. The van der Waals surface area contributed by atoms with Crippen LogP contribution < -0.4 is 5.73 Å². The number of hydrogen-bond donors (Lipinski definition) is 2. The lowest BCUT2D eigenvalue weighted by Gasteiger charge is -2.21. The van der Waals surface area contributed by atoms with Gasteiger partial charge in [0.05, 0.1) is 17.2 Å². The Balaban J connectivity index is 3.10. The van der Waals surface area contributed by atoms with E-state index in [9.17, 15) is 0 Å². The summed E-state index contributed by atoms with van der Waals surface area (Å²) in [4.78, 5) is 3.84. The maximum Gasteiger partial charge on any atom is 0.147 e. The Kier molecular flexibility index (Phi) is 3.14. The van der Waals surface area contributed by atoms with Crippen molar-refractivity contribution in [1.29, 1.82) is 0 Å². The fourth-order valence-corrected chi connectivity index (χ4v) is 1.09. The highest BCUT2D eigenvalue weighted by Gasteiger charge is 2.21. The highest BCUT2D eigenvalue weighted by Crippen LogP contribution is 2.24. The van der Waals surface area contributed by atoms with Crippen molar-refractivity contribution in [3.05, 3.63) is 28.0 Å². The number of pyridine rings is 1. The summed E-state index contributed by atoms with van der Waals surface area (Å²) in [5.74, 6) is 0. The fourth-order valence-electron chi connectivity index (χ4n) is 0.825. The molecule has 5 heteroatoms. The van der Waals surface area contributed by atoms with Crippen LogP contribution in [-0.4, -0.2) is 16.7 Å².